The SMILES string of the molecule is O=C(O)C1CC2COCC(C1)C2(F)F. The second-order valence-electron chi connectivity index (χ2n) is 4.11. The van der Waals surface area contributed by atoms with Gasteiger partial charge in [-0.15, -0.1) is 0 Å². The summed E-state index contributed by atoms with van der Waals surface area (Å²) in [5.74, 6) is -6.12. The molecule has 1 aliphatic heterocycles. The molecule has 2 fully saturated rings. The quantitative estimate of drug-likeness (QED) is 0.705. The van der Waals surface area contributed by atoms with Gasteiger partial charge in [0.1, 0.15) is 0 Å². The average molecular weight is 206 g/mol. The zero-order valence-electron chi connectivity index (χ0n) is 7.58. The third-order valence-corrected chi connectivity index (χ3v) is 3.21. The lowest BCUT2D eigenvalue weighted by molar-refractivity contribution is -0.215. The molecule has 0 amide bonds. The van der Waals surface area contributed by atoms with Gasteiger partial charge in [0.05, 0.1) is 19.1 Å². The maximum Gasteiger partial charge on any atom is 0.306 e. The molecule has 2 atom stereocenters. The molecular formula is C9H12F2O3. The number of carbonyl (C=O) groups is 1. The number of alkyl halides is 2. The highest BCUT2D eigenvalue weighted by Crippen LogP contribution is 2.47. The van der Waals surface area contributed by atoms with E-state index in [0.29, 0.717) is 0 Å². The van der Waals surface area contributed by atoms with Gasteiger partial charge in [-0.3, -0.25) is 4.79 Å². The summed E-state index contributed by atoms with van der Waals surface area (Å²) in [6, 6.07) is 0. The molecule has 2 unspecified atom stereocenters. The topological polar surface area (TPSA) is 46.5 Å². The Kier molecular flexibility index (Phi) is 2.21. The number of fused-ring (bicyclic) bond motifs is 2. The molecule has 1 aliphatic carbocycles. The summed E-state index contributed by atoms with van der Waals surface area (Å²) < 4.78 is 32.0. The molecule has 2 bridgehead atoms. The van der Waals surface area contributed by atoms with Gasteiger partial charge in [0.2, 0.25) is 0 Å². The van der Waals surface area contributed by atoms with E-state index in [4.69, 9.17) is 9.84 Å². The highest BCUT2D eigenvalue weighted by atomic mass is 19.3. The Bertz CT molecular complexity index is 238. The summed E-state index contributed by atoms with van der Waals surface area (Å²) in [6.45, 7) is -0.0133. The molecule has 1 saturated carbocycles. The summed E-state index contributed by atoms with van der Waals surface area (Å²) in [6.07, 6.45) is 0.0810. The molecular weight excluding hydrogens is 194 g/mol. The Morgan fingerprint density at radius 3 is 2.21 bits per heavy atom. The van der Waals surface area contributed by atoms with Crippen molar-refractivity contribution in [1.82, 2.24) is 0 Å². The van der Waals surface area contributed by atoms with Crippen molar-refractivity contribution in [2.45, 2.75) is 18.8 Å². The van der Waals surface area contributed by atoms with Gasteiger partial charge < -0.3 is 9.84 Å². The first kappa shape index (κ1) is 9.83. The lowest BCUT2D eigenvalue weighted by atomic mass is 9.71. The summed E-state index contributed by atoms with van der Waals surface area (Å²) in [5, 5.41) is 8.78. The zero-order valence-corrected chi connectivity index (χ0v) is 7.58. The van der Waals surface area contributed by atoms with Crippen LogP contribution in [-0.4, -0.2) is 30.2 Å². The van der Waals surface area contributed by atoms with Crippen molar-refractivity contribution < 1.29 is 23.4 Å². The van der Waals surface area contributed by atoms with Crippen molar-refractivity contribution in [2.24, 2.45) is 17.8 Å². The van der Waals surface area contributed by atoms with E-state index >= 15 is 0 Å². The molecule has 0 aromatic heterocycles. The normalized spacial score (nSPS) is 40.6. The lowest BCUT2D eigenvalue weighted by Gasteiger charge is -2.43. The minimum Gasteiger partial charge on any atom is -0.481 e. The number of halogens is 2. The Morgan fingerprint density at radius 2 is 1.79 bits per heavy atom. The van der Waals surface area contributed by atoms with E-state index in [-0.39, 0.29) is 26.1 Å². The van der Waals surface area contributed by atoms with Gasteiger partial charge in [0.25, 0.3) is 5.92 Å². The van der Waals surface area contributed by atoms with Crippen LogP contribution in [0, 0.1) is 17.8 Å². The number of hydrogen-bond donors (Lipinski definition) is 1. The second-order valence-corrected chi connectivity index (χ2v) is 4.11. The minimum atomic E-state index is -2.73. The van der Waals surface area contributed by atoms with E-state index in [1.807, 2.05) is 0 Å². The van der Waals surface area contributed by atoms with Crippen molar-refractivity contribution in [3.05, 3.63) is 0 Å². The fourth-order valence-corrected chi connectivity index (χ4v) is 2.34. The number of aliphatic carboxylic acids is 1. The van der Waals surface area contributed by atoms with Crippen molar-refractivity contribution in [3.63, 3.8) is 0 Å². The monoisotopic (exact) mass is 206 g/mol. The molecule has 14 heavy (non-hydrogen) atoms. The van der Waals surface area contributed by atoms with Crippen molar-refractivity contribution in [2.75, 3.05) is 13.2 Å². The van der Waals surface area contributed by atoms with Crippen LogP contribution in [0.4, 0.5) is 8.78 Å². The Hall–Kier alpha value is -0.710. The summed E-state index contributed by atoms with van der Waals surface area (Å²) >= 11 is 0. The van der Waals surface area contributed by atoms with Gasteiger partial charge in [-0.25, -0.2) is 8.78 Å². The van der Waals surface area contributed by atoms with Gasteiger partial charge in [0, 0.05) is 11.8 Å². The first-order valence-electron chi connectivity index (χ1n) is 4.70. The standard InChI is InChI=1S/C9H12F2O3/c10-9(11)6-1-5(8(12)13)2-7(9)4-14-3-6/h5-7H,1-4H2,(H,12,13). The van der Waals surface area contributed by atoms with Gasteiger partial charge in [-0.2, -0.15) is 0 Å². The van der Waals surface area contributed by atoms with Crippen LogP contribution < -0.4 is 0 Å². The van der Waals surface area contributed by atoms with Crippen LogP contribution >= 0.6 is 0 Å². The number of ether oxygens (including phenoxy) is 1. The number of carboxylic acid groups (broad SMARTS) is 1. The van der Waals surface area contributed by atoms with Gasteiger partial charge in [-0.05, 0) is 12.8 Å². The number of carboxylic acids is 1. The van der Waals surface area contributed by atoms with E-state index in [0.717, 1.165) is 0 Å². The van der Waals surface area contributed by atoms with E-state index in [2.05, 4.69) is 0 Å². The molecule has 0 spiro atoms. The molecule has 5 heteroatoms. The molecule has 0 aromatic carbocycles. The van der Waals surface area contributed by atoms with Crippen LogP contribution in [0.3, 0.4) is 0 Å². The van der Waals surface area contributed by atoms with Gasteiger partial charge in [-0.1, -0.05) is 0 Å². The van der Waals surface area contributed by atoms with Crippen LogP contribution in [0.15, 0.2) is 0 Å². The first-order chi connectivity index (χ1) is 6.51. The van der Waals surface area contributed by atoms with Crippen LogP contribution in [0.2, 0.25) is 0 Å². The molecule has 80 valence electrons. The van der Waals surface area contributed by atoms with E-state index < -0.39 is 29.6 Å². The summed E-state index contributed by atoms with van der Waals surface area (Å²) in [5.41, 5.74) is 0. The van der Waals surface area contributed by atoms with Crippen LogP contribution in [0.1, 0.15) is 12.8 Å². The predicted octanol–water partition coefficient (Wildman–Crippen LogP) is 1.38. The second kappa shape index (κ2) is 3.15. The maximum atomic E-state index is 13.5. The Labute approximate surface area is 80.0 Å². The highest BCUT2D eigenvalue weighted by Gasteiger charge is 2.55. The van der Waals surface area contributed by atoms with Crippen molar-refractivity contribution in [3.8, 4) is 0 Å². The fourth-order valence-electron chi connectivity index (χ4n) is 2.34. The maximum absolute atomic E-state index is 13.5. The van der Waals surface area contributed by atoms with E-state index in [1.165, 1.54) is 0 Å². The van der Waals surface area contributed by atoms with Crippen molar-refractivity contribution >= 4 is 5.97 Å². The van der Waals surface area contributed by atoms with Crippen molar-refractivity contribution in [1.29, 1.82) is 0 Å². The van der Waals surface area contributed by atoms with Crippen LogP contribution in [-0.2, 0) is 9.53 Å². The third-order valence-electron chi connectivity index (χ3n) is 3.21. The summed E-state index contributed by atoms with van der Waals surface area (Å²) in [4.78, 5) is 10.7. The molecule has 3 nitrogen and oxygen atoms in total. The smallest absolute Gasteiger partial charge is 0.306 e. The molecule has 1 saturated heterocycles. The predicted molar refractivity (Wildman–Crippen MR) is 43.1 cm³/mol. The highest BCUT2D eigenvalue weighted by molar-refractivity contribution is 5.70. The lowest BCUT2D eigenvalue weighted by Crippen LogP contribution is -2.52. The molecule has 1 heterocycles. The summed E-state index contributed by atoms with van der Waals surface area (Å²) in [7, 11) is 0. The van der Waals surface area contributed by atoms with Gasteiger partial charge in [0.15, 0.2) is 0 Å². The molecule has 0 radical (unpaired) electrons. The Morgan fingerprint density at radius 1 is 1.29 bits per heavy atom. The third kappa shape index (κ3) is 1.39. The minimum absolute atomic E-state index is 0.00667. The van der Waals surface area contributed by atoms with Gasteiger partial charge >= 0.3 is 5.97 Å². The van der Waals surface area contributed by atoms with Crippen LogP contribution in [0.5, 0.6) is 0 Å². The molecule has 2 rings (SSSR count). The molecule has 0 aromatic rings. The number of hydrogen-bond acceptors (Lipinski definition) is 2. The van der Waals surface area contributed by atoms with Crippen LogP contribution in [0.25, 0.3) is 0 Å². The van der Waals surface area contributed by atoms with E-state index in [9.17, 15) is 13.6 Å². The molecule has 2 aliphatic rings. The average Bonchev–Trinajstić information content (AvgIpc) is 2.00. The van der Waals surface area contributed by atoms with E-state index in [1.54, 1.807) is 0 Å². The fraction of sp³-hybridized carbons (Fsp3) is 0.889. The zero-order chi connectivity index (χ0) is 10.3. The molecule has 1 N–H and O–H groups in total. The largest absolute Gasteiger partial charge is 0.481 e. The first-order valence-corrected chi connectivity index (χ1v) is 4.70. The Balaban J connectivity index is 2.16. The number of rotatable bonds is 1.